The van der Waals surface area contributed by atoms with Crippen molar-refractivity contribution in [3.05, 3.63) is 65.7 Å². The number of nitrogens with zero attached hydrogens (tertiary/aromatic N) is 1. The molecule has 134 valence electrons. The van der Waals surface area contributed by atoms with Crippen LogP contribution in [-0.2, 0) is 0 Å². The van der Waals surface area contributed by atoms with E-state index >= 15 is 0 Å². The van der Waals surface area contributed by atoms with Crippen LogP contribution in [0.2, 0.25) is 0 Å². The monoisotopic (exact) mass is 338 g/mol. The van der Waals surface area contributed by atoms with Crippen molar-refractivity contribution in [1.29, 1.82) is 0 Å². The van der Waals surface area contributed by atoms with Gasteiger partial charge in [-0.25, -0.2) is 0 Å². The van der Waals surface area contributed by atoms with E-state index in [-0.39, 0.29) is 12.1 Å². The molecule has 0 radical (unpaired) electrons. The summed E-state index contributed by atoms with van der Waals surface area (Å²) >= 11 is 0. The van der Waals surface area contributed by atoms with Gasteiger partial charge in [0, 0.05) is 6.04 Å². The van der Waals surface area contributed by atoms with E-state index < -0.39 is 0 Å². The van der Waals surface area contributed by atoms with Gasteiger partial charge in [0.15, 0.2) is 0 Å². The molecule has 0 aliphatic carbocycles. The lowest BCUT2D eigenvalue weighted by Gasteiger charge is -2.33. The van der Waals surface area contributed by atoms with Gasteiger partial charge in [-0.3, -0.25) is 0 Å². The molecule has 1 aliphatic rings. The van der Waals surface area contributed by atoms with E-state index in [0.717, 1.165) is 5.75 Å². The molecule has 3 rings (SSSR count). The molecule has 2 aromatic rings. The van der Waals surface area contributed by atoms with E-state index in [2.05, 4.69) is 85.7 Å². The fourth-order valence-corrected chi connectivity index (χ4v) is 3.45. The van der Waals surface area contributed by atoms with Crippen LogP contribution in [0.4, 0.5) is 0 Å². The highest BCUT2D eigenvalue weighted by Crippen LogP contribution is 2.26. The van der Waals surface area contributed by atoms with Gasteiger partial charge in [-0.15, -0.1) is 0 Å². The second-order valence-corrected chi connectivity index (χ2v) is 7.32. The summed E-state index contributed by atoms with van der Waals surface area (Å²) in [6, 6.07) is 20.1. The molecule has 3 heteroatoms. The molecule has 25 heavy (non-hydrogen) atoms. The lowest BCUT2D eigenvalue weighted by Crippen LogP contribution is -2.42. The number of ether oxygens (including phenoxy) is 1. The average Bonchev–Trinajstić information content (AvgIpc) is 2.62. The highest BCUT2D eigenvalue weighted by molar-refractivity contribution is 5.35. The molecule has 1 saturated heterocycles. The molecule has 1 N–H and O–H groups in total. The van der Waals surface area contributed by atoms with Gasteiger partial charge >= 0.3 is 0 Å². The SMILES string of the molecule is CC(C)Oc1ccc(C(NC2CCN(C)CC2)c2ccccc2)cc1. The lowest BCUT2D eigenvalue weighted by atomic mass is 9.95. The number of hydrogen-bond donors (Lipinski definition) is 1. The Balaban J connectivity index is 1.79. The van der Waals surface area contributed by atoms with Crippen molar-refractivity contribution in [3.63, 3.8) is 0 Å². The van der Waals surface area contributed by atoms with Gasteiger partial charge in [0.2, 0.25) is 0 Å². The fourth-order valence-electron chi connectivity index (χ4n) is 3.45. The van der Waals surface area contributed by atoms with Crippen molar-refractivity contribution >= 4 is 0 Å². The highest BCUT2D eigenvalue weighted by Gasteiger charge is 2.22. The smallest absolute Gasteiger partial charge is 0.119 e. The van der Waals surface area contributed by atoms with Crippen LogP contribution < -0.4 is 10.1 Å². The van der Waals surface area contributed by atoms with Crippen molar-refractivity contribution in [2.75, 3.05) is 20.1 Å². The summed E-state index contributed by atoms with van der Waals surface area (Å²) < 4.78 is 5.79. The standard InChI is InChI=1S/C22H30N2O/c1-17(2)25-21-11-9-19(10-12-21)22(18-7-5-4-6-8-18)23-20-13-15-24(3)16-14-20/h4-12,17,20,22-23H,13-16H2,1-3H3. The van der Waals surface area contributed by atoms with E-state index in [4.69, 9.17) is 4.74 Å². The van der Waals surface area contributed by atoms with Crippen LogP contribution in [0.3, 0.4) is 0 Å². The van der Waals surface area contributed by atoms with Crippen molar-refractivity contribution in [1.82, 2.24) is 10.2 Å². The number of rotatable bonds is 6. The Morgan fingerprint density at radius 3 is 2.12 bits per heavy atom. The fraction of sp³-hybridized carbons (Fsp3) is 0.455. The molecule has 1 fully saturated rings. The van der Waals surface area contributed by atoms with Gasteiger partial charge in [0.25, 0.3) is 0 Å². The quantitative estimate of drug-likeness (QED) is 0.852. The zero-order chi connectivity index (χ0) is 17.6. The van der Waals surface area contributed by atoms with Crippen LogP contribution in [0.5, 0.6) is 5.75 Å². The third-order valence-corrected chi connectivity index (χ3v) is 4.84. The van der Waals surface area contributed by atoms with Crippen molar-refractivity contribution in [3.8, 4) is 5.75 Å². The summed E-state index contributed by atoms with van der Waals surface area (Å²) in [4.78, 5) is 2.41. The highest BCUT2D eigenvalue weighted by atomic mass is 16.5. The van der Waals surface area contributed by atoms with Crippen LogP contribution >= 0.6 is 0 Å². The topological polar surface area (TPSA) is 24.5 Å². The minimum Gasteiger partial charge on any atom is -0.491 e. The Hall–Kier alpha value is -1.84. The molecule has 0 amide bonds. The summed E-state index contributed by atoms with van der Waals surface area (Å²) in [6.07, 6.45) is 2.61. The maximum absolute atomic E-state index is 5.79. The largest absolute Gasteiger partial charge is 0.491 e. The normalized spacial score (nSPS) is 17.6. The first kappa shape index (κ1) is 18.0. The summed E-state index contributed by atoms with van der Waals surface area (Å²) in [7, 11) is 2.21. The van der Waals surface area contributed by atoms with Crippen LogP contribution in [0, 0.1) is 0 Å². The Kier molecular flexibility index (Phi) is 6.11. The van der Waals surface area contributed by atoms with Crippen LogP contribution in [0.15, 0.2) is 54.6 Å². The Bertz CT molecular complexity index is 631. The van der Waals surface area contributed by atoms with Crippen LogP contribution in [0.25, 0.3) is 0 Å². The van der Waals surface area contributed by atoms with Gasteiger partial charge < -0.3 is 15.0 Å². The third kappa shape index (κ3) is 5.07. The summed E-state index contributed by atoms with van der Waals surface area (Å²) in [5.74, 6) is 0.935. The first-order valence-electron chi connectivity index (χ1n) is 9.38. The van der Waals surface area contributed by atoms with E-state index in [9.17, 15) is 0 Å². The first-order valence-corrected chi connectivity index (χ1v) is 9.38. The van der Waals surface area contributed by atoms with Gasteiger partial charge in [0.05, 0.1) is 12.1 Å². The third-order valence-electron chi connectivity index (χ3n) is 4.84. The molecule has 1 aliphatic heterocycles. The van der Waals surface area contributed by atoms with E-state index in [1.54, 1.807) is 0 Å². The van der Waals surface area contributed by atoms with Crippen LogP contribution in [0.1, 0.15) is 43.9 Å². The molecule has 2 aromatic carbocycles. The molecule has 1 heterocycles. The minimum absolute atomic E-state index is 0.202. The average molecular weight is 338 g/mol. The van der Waals surface area contributed by atoms with Crippen molar-refractivity contribution in [2.24, 2.45) is 0 Å². The number of nitrogens with one attached hydrogen (secondary N) is 1. The molecular weight excluding hydrogens is 308 g/mol. The zero-order valence-corrected chi connectivity index (χ0v) is 15.6. The van der Waals surface area contributed by atoms with E-state index in [0.29, 0.717) is 6.04 Å². The molecule has 1 unspecified atom stereocenters. The van der Waals surface area contributed by atoms with E-state index in [1.807, 2.05) is 0 Å². The summed E-state index contributed by atoms with van der Waals surface area (Å²) in [5.41, 5.74) is 2.61. The Labute approximate surface area is 152 Å². The molecular formula is C22H30N2O. The number of likely N-dealkylation sites (tertiary alicyclic amines) is 1. The van der Waals surface area contributed by atoms with Gasteiger partial charge in [-0.1, -0.05) is 42.5 Å². The zero-order valence-electron chi connectivity index (χ0n) is 15.6. The van der Waals surface area contributed by atoms with Crippen molar-refractivity contribution in [2.45, 2.75) is 44.9 Å². The van der Waals surface area contributed by atoms with E-state index in [1.165, 1.54) is 37.1 Å². The molecule has 1 atom stereocenters. The number of piperidine rings is 1. The Morgan fingerprint density at radius 2 is 1.52 bits per heavy atom. The minimum atomic E-state index is 0.202. The maximum atomic E-state index is 5.79. The molecule has 3 nitrogen and oxygen atoms in total. The predicted molar refractivity (Wildman–Crippen MR) is 104 cm³/mol. The van der Waals surface area contributed by atoms with Gasteiger partial charge in [-0.2, -0.15) is 0 Å². The van der Waals surface area contributed by atoms with Crippen LogP contribution in [-0.4, -0.2) is 37.2 Å². The number of hydrogen-bond acceptors (Lipinski definition) is 3. The van der Waals surface area contributed by atoms with Crippen molar-refractivity contribution < 1.29 is 4.74 Å². The molecule has 0 bridgehead atoms. The second kappa shape index (κ2) is 8.50. The first-order chi connectivity index (χ1) is 12.1. The maximum Gasteiger partial charge on any atom is 0.119 e. The molecule has 0 spiro atoms. The van der Waals surface area contributed by atoms with Gasteiger partial charge in [-0.05, 0) is 70.1 Å². The molecule has 0 saturated carbocycles. The summed E-state index contributed by atoms with van der Waals surface area (Å²) in [5, 5.41) is 3.90. The summed E-state index contributed by atoms with van der Waals surface area (Å²) in [6.45, 7) is 6.45. The lowest BCUT2D eigenvalue weighted by molar-refractivity contribution is 0.229. The molecule has 0 aromatic heterocycles. The second-order valence-electron chi connectivity index (χ2n) is 7.32. The number of benzene rings is 2. The van der Waals surface area contributed by atoms with Gasteiger partial charge in [0.1, 0.15) is 5.75 Å². The predicted octanol–water partition coefficient (Wildman–Crippen LogP) is 4.25. The Morgan fingerprint density at radius 1 is 0.920 bits per heavy atom.